The largest absolute Gasteiger partial charge is 0.390 e. The lowest BCUT2D eigenvalue weighted by Gasteiger charge is -2.28. The lowest BCUT2D eigenvalue weighted by atomic mass is 9.88. The summed E-state index contributed by atoms with van der Waals surface area (Å²) in [4.78, 5) is 19.0. The predicted molar refractivity (Wildman–Crippen MR) is 147 cm³/mol. The summed E-state index contributed by atoms with van der Waals surface area (Å²) in [5.41, 5.74) is 2.15. The molecular weight excluding hydrogens is 488 g/mol. The number of anilines is 2. The first-order valence-corrected chi connectivity index (χ1v) is 13.9. The molecule has 2 fully saturated rings. The van der Waals surface area contributed by atoms with E-state index >= 15 is 0 Å². The second kappa shape index (κ2) is 9.41. The van der Waals surface area contributed by atoms with Gasteiger partial charge in [-0.3, -0.25) is 4.98 Å². The number of nitrogens with zero attached hydrogens (tertiary/aromatic N) is 4. The molecular formula is C27H38N6O3S. The molecule has 0 aromatic carbocycles. The fraction of sp³-hybridized carbons (Fsp3) is 0.630. The molecule has 0 spiro atoms. The van der Waals surface area contributed by atoms with E-state index in [1.165, 1.54) is 0 Å². The summed E-state index contributed by atoms with van der Waals surface area (Å²) in [6, 6.07) is 1.46. The third-order valence-corrected chi connectivity index (χ3v) is 8.77. The summed E-state index contributed by atoms with van der Waals surface area (Å²) in [6.07, 6.45) is 3.31. The van der Waals surface area contributed by atoms with Crippen molar-refractivity contribution in [3.05, 3.63) is 23.7 Å². The average molecular weight is 527 g/mol. The minimum absolute atomic E-state index is 0.0209. The summed E-state index contributed by atoms with van der Waals surface area (Å²) < 4.78 is 1.03. The maximum Gasteiger partial charge on any atom is 0.225 e. The number of thiazole rings is 1. The summed E-state index contributed by atoms with van der Waals surface area (Å²) in [5.74, 6) is 1.20. The minimum Gasteiger partial charge on any atom is -0.390 e. The third-order valence-electron chi connectivity index (χ3n) is 7.74. The van der Waals surface area contributed by atoms with Crippen LogP contribution < -0.4 is 10.6 Å². The number of aromatic nitrogens is 4. The lowest BCUT2D eigenvalue weighted by molar-refractivity contribution is -0.0601. The lowest BCUT2D eigenvalue weighted by Crippen LogP contribution is -2.40. The average Bonchev–Trinajstić information content (AvgIpc) is 3.26. The Morgan fingerprint density at radius 3 is 2.43 bits per heavy atom. The van der Waals surface area contributed by atoms with Crippen LogP contribution in [0.15, 0.2) is 12.3 Å². The van der Waals surface area contributed by atoms with E-state index in [1.54, 1.807) is 31.4 Å². The molecule has 0 saturated heterocycles. The molecule has 5 N–H and O–H groups in total. The standard InChI is InChI=1S/C27H38N6O3S/c1-13(2)12-27(8-9-27)33-25-29-14(3)19(24-31-20-15(4)28-10-7-18(20)37-24)23(32-25)30-17-11-16(26(5,6)36)21(34)22(17)35/h7,10,13,16-17,21-22,34-36H,8-9,11-12H2,1-6H3,(H2,29,30,32,33)/t16-,17+,21+,22-/m0/s1. The zero-order chi connectivity index (χ0) is 26.7. The van der Waals surface area contributed by atoms with Crippen LogP contribution in [0.3, 0.4) is 0 Å². The maximum absolute atomic E-state index is 10.9. The van der Waals surface area contributed by atoms with Crippen molar-refractivity contribution >= 4 is 33.3 Å². The fourth-order valence-corrected chi connectivity index (χ4v) is 6.79. The first kappa shape index (κ1) is 26.2. The van der Waals surface area contributed by atoms with Crippen LogP contribution in [-0.2, 0) is 0 Å². The zero-order valence-electron chi connectivity index (χ0n) is 22.4. The molecule has 10 heteroatoms. The quantitative estimate of drug-likeness (QED) is 0.294. The van der Waals surface area contributed by atoms with Gasteiger partial charge in [0.1, 0.15) is 22.4 Å². The molecule has 2 aliphatic rings. The maximum atomic E-state index is 10.9. The summed E-state index contributed by atoms with van der Waals surface area (Å²) in [7, 11) is 0. The van der Waals surface area contributed by atoms with E-state index in [1.807, 2.05) is 19.9 Å². The highest BCUT2D eigenvalue weighted by Gasteiger charge is 2.48. The van der Waals surface area contributed by atoms with Gasteiger partial charge in [-0.1, -0.05) is 13.8 Å². The molecule has 0 radical (unpaired) electrons. The second-order valence-corrected chi connectivity index (χ2v) is 12.9. The Balaban J connectivity index is 1.55. The van der Waals surface area contributed by atoms with Crippen LogP contribution in [0.5, 0.6) is 0 Å². The number of aliphatic hydroxyl groups excluding tert-OH is 2. The van der Waals surface area contributed by atoms with Crippen LogP contribution in [-0.4, -0.2) is 64.6 Å². The normalized spacial score (nSPS) is 25.1. The summed E-state index contributed by atoms with van der Waals surface area (Å²) in [6.45, 7) is 11.7. The molecule has 0 bridgehead atoms. The van der Waals surface area contributed by atoms with Gasteiger partial charge in [0, 0.05) is 17.7 Å². The van der Waals surface area contributed by atoms with Crippen molar-refractivity contribution in [1.29, 1.82) is 0 Å². The Bertz CT molecular complexity index is 1300. The smallest absolute Gasteiger partial charge is 0.225 e. The number of aliphatic hydroxyl groups is 3. The Morgan fingerprint density at radius 2 is 1.84 bits per heavy atom. The van der Waals surface area contributed by atoms with Crippen molar-refractivity contribution in [3.63, 3.8) is 0 Å². The molecule has 0 unspecified atom stereocenters. The number of fused-ring (bicyclic) bond motifs is 1. The van der Waals surface area contributed by atoms with E-state index in [4.69, 9.17) is 15.0 Å². The van der Waals surface area contributed by atoms with Gasteiger partial charge in [-0.05, 0) is 65.4 Å². The van der Waals surface area contributed by atoms with Gasteiger partial charge in [-0.2, -0.15) is 4.98 Å². The van der Waals surface area contributed by atoms with E-state index in [-0.39, 0.29) is 5.54 Å². The molecule has 0 amide bonds. The minimum atomic E-state index is -1.12. The Kier molecular flexibility index (Phi) is 6.67. The van der Waals surface area contributed by atoms with Crippen molar-refractivity contribution < 1.29 is 15.3 Å². The summed E-state index contributed by atoms with van der Waals surface area (Å²) in [5, 5.41) is 39.9. The number of hydrogen-bond donors (Lipinski definition) is 5. The van der Waals surface area contributed by atoms with Crippen molar-refractivity contribution in [1.82, 2.24) is 19.9 Å². The first-order chi connectivity index (χ1) is 17.4. The van der Waals surface area contributed by atoms with E-state index in [0.717, 1.165) is 51.4 Å². The highest BCUT2D eigenvalue weighted by molar-refractivity contribution is 7.21. The van der Waals surface area contributed by atoms with E-state index in [9.17, 15) is 15.3 Å². The third kappa shape index (κ3) is 5.16. The van der Waals surface area contributed by atoms with Crippen molar-refractivity contribution in [2.45, 2.75) is 96.6 Å². The van der Waals surface area contributed by atoms with E-state index in [0.29, 0.717) is 24.1 Å². The molecule has 3 heterocycles. The molecule has 0 aliphatic heterocycles. The number of hydrogen-bond acceptors (Lipinski definition) is 10. The SMILES string of the molecule is Cc1nc(NC2(CC(C)C)CC2)nc(N[C@@H]2C[C@H](C(C)(C)O)[C@@H](O)[C@H]2O)c1-c1nc2c(C)nccc2s1. The van der Waals surface area contributed by atoms with Crippen molar-refractivity contribution in [2.24, 2.45) is 11.8 Å². The Morgan fingerprint density at radius 1 is 1.11 bits per heavy atom. The number of pyridine rings is 1. The molecule has 37 heavy (non-hydrogen) atoms. The highest BCUT2D eigenvalue weighted by atomic mass is 32.1. The van der Waals surface area contributed by atoms with Crippen molar-refractivity contribution in [3.8, 4) is 10.6 Å². The van der Waals surface area contributed by atoms with Gasteiger partial charge in [0.2, 0.25) is 5.95 Å². The van der Waals surface area contributed by atoms with Gasteiger partial charge in [0.25, 0.3) is 0 Å². The molecule has 4 atom stereocenters. The molecule has 3 aromatic rings. The van der Waals surface area contributed by atoms with Crippen LogP contribution in [0, 0.1) is 25.7 Å². The van der Waals surface area contributed by atoms with Gasteiger partial charge in [0.15, 0.2) is 0 Å². The highest BCUT2D eigenvalue weighted by Crippen LogP contribution is 2.45. The van der Waals surface area contributed by atoms with Crippen LogP contribution in [0.2, 0.25) is 0 Å². The van der Waals surface area contributed by atoms with E-state index < -0.39 is 29.8 Å². The number of aryl methyl sites for hydroxylation is 2. The topological polar surface area (TPSA) is 136 Å². The van der Waals surface area contributed by atoms with Gasteiger partial charge in [-0.15, -0.1) is 11.3 Å². The second-order valence-electron chi connectivity index (χ2n) is 11.8. The number of nitrogens with one attached hydrogen (secondary N) is 2. The predicted octanol–water partition coefficient (Wildman–Crippen LogP) is 4.05. The van der Waals surface area contributed by atoms with Gasteiger partial charge in [0.05, 0.1) is 39.4 Å². The molecule has 2 saturated carbocycles. The molecule has 9 nitrogen and oxygen atoms in total. The Hall–Kier alpha value is -2.40. The van der Waals surface area contributed by atoms with Gasteiger partial charge in [-0.25, -0.2) is 9.97 Å². The molecule has 3 aromatic heterocycles. The van der Waals surface area contributed by atoms with Crippen molar-refractivity contribution in [2.75, 3.05) is 10.6 Å². The van der Waals surface area contributed by atoms with E-state index in [2.05, 4.69) is 29.5 Å². The first-order valence-electron chi connectivity index (χ1n) is 13.1. The van der Waals surface area contributed by atoms with Gasteiger partial charge < -0.3 is 26.0 Å². The molecule has 2 aliphatic carbocycles. The van der Waals surface area contributed by atoms with Crippen LogP contribution in [0.4, 0.5) is 11.8 Å². The summed E-state index contributed by atoms with van der Waals surface area (Å²) >= 11 is 1.55. The zero-order valence-corrected chi connectivity index (χ0v) is 23.2. The monoisotopic (exact) mass is 526 g/mol. The Labute approximate surface area is 221 Å². The number of rotatable bonds is 8. The van der Waals surface area contributed by atoms with Crippen LogP contribution >= 0.6 is 11.3 Å². The molecule has 200 valence electrons. The van der Waals surface area contributed by atoms with Gasteiger partial charge >= 0.3 is 0 Å². The van der Waals surface area contributed by atoms with Crippen LogP contribution in [0.1, 0.15) is 64.8 Å². The fourth-order valence-electron chi connectivity index (χ4n) is 5.68. The molecule has 5 rings (SSSR count). The van der Waals surface area contributed by atoms with Crippen LogP contribution in [0.25, 0.3) is 20.8 Å².